The predicted octanol–water partition coefficient (Wildman–Crippen LogP) is 3.03. The number of methoxy groups -OCH3 is 1. The van der Waals surface area contributed by atoms with E-state index in [9.17, 15) is 14.0 Å². The van der Waals surface area contributed by atoms with Crippen LogP contribution in [0.1, 0.15) is 25.9 Å². The van der Waals surface area contributed by atoms with E-state index in [0.29, 0.717) is 22.1 Å². The number of ether oxygens (including phenoxy) is 2. The van der Waals surface area contributed by atoms with Crippen molar-refractivity contribution in [2.75, 3.05) is 20.2 Å². The van der Waals surface area contributed by atoms with Crippen LogP contribution in [0.4, 0.5) is 4.39 Å². The quantitative estimate of drug-likeness (QED) is 0.511. The molecule has 0 spiro atoms. The lowest BCUT2D eigenvalue weighted by molar-refractivity contribution is 0.0925. The van der Waals surface area contributed by atoms with Crippen LogP contribution in [-0.2, 0) is 6.61 Å². The molecule has 0 fully saturated rings. The Morgan fingerprint density at radius 3 is 2.37 bits per heavy atom. The number of aromatic nitrogens is 1. The van der Waals surface area contributed by atoms with Crippen LogP contribution in [0.2, 0.25) is 0 Å². The molecular weight excluding hydrogens is 409 g/mol. The monoisotopic (exact) mass is 429 g/mol. The minimum Gasteiger partial charge on any atom is -0.493 e. The summed E-state index contributed by atoms with van der Waals surface area (Å²) in [5.41, 5.74) is 0.630. The highest BCUT2D eigenvalue weighted by molar-refractivity contribution is 7.09. The minimum atomic E-state index is -0.408. The smallest absolute Gasteiger partial charge is 0.270 e. The number of thiazole rings is 1. The topological polar surface area (TPSA) is 89.6 Å². The molecule has 156 valence electrons. The van der Waals surface area contributed by atoms with E-state index in [1.54, 1.807) is 24.6 Å². The second kappa shape index (κ2) is 10.4. The lowest BCUT2D eigenvalue weighted by Gasteiger charge is -2.08. The third-order valence-electron chi connectivity index (χ3n) is 4.01. The first-order chi connectivity index (χ1) is 14.6. The molecule has 0 bridgehead atoms. The molecule has 3 rings (SSSR count). The molecule has 9 heteroatoms. The number of hydrogen-bond donors (Lipinski definition) is 2. The summed E-state index contributed by atoms with van der Waals surface area (Å²) in [5, 5.41) is 7.64. The summed E-state index contributed by atoms with van der Waals surface area (Å²) >= 11 is 1.31. The summed E-state index contributed by atoms with van der Waals surface area (Å²) in [6.45, 7) is 0.679. The van der Waals surface area contributed by atoms with Crippen LogP contribution in [0, 0.1) is 5.82 Å². The van der Waals surface area contributed by atoms with E-state index in [1.165, 1.54) is 35.6 Å². The minimum absolute atomic E-state index is 0.214. The zero-order valence-electron chi connectivity index (χ0n) is 16.2. The average molecular weight is 429 g/mol. The van der Waals surface area contributed by atoms with Crippen LogP contribution in [0.5, 0.6) is 11.5 Å². The second-order valence-corrected chi connectivity index (χ2v) is 7.03. The number of benzene rings is 2. The molecule has 2 aromatic carbocycles. The van der Waals surface area contributed by atoms with E-state index >= 15 is 0 Å². The van der Waals surface area contributed by atoms with Crippen LogP contribution >= 0.6 is 11.3 Å². The van der Waals surface area contributed by atoms with E-state index in [4.69, 9.17) is 9.47 Å². The van der Waals surface area contributed by atoms with Gasteiger partial charge in [-0.15, -0.1) is 11.3 Å². The summed E-state index contributed by atoms with van der Waals surface area (Å²) in [5.74, 6) is 0.127. The number of carbonyl (C=O) groups is 2. The number of halogens is 1. The van der Waals surface area contributed by atoms with Crippen molar-refractivity contribution in [2.24, 2.45) is 0 Å². The van der Waals surface area contributed by atoms with Crippen molar-refractivity contribution in [3.05, 3.63) is 76.0 Å². The van der Waals surface area contributed by atoms with Crippen LogP contribution < -0.4 is 20.1 Å². The normalized spacial score (nSPS) is 10.3. The van der Waals surface area contributed by atoms with Crippen molar-refractivity contribution in [3.8, 4) is 11.5 Å². The van der Waals surface area contributed by atoms with E-state index in [1.807, 2.05) is 12.1 Å². The van der Waals surface area contributed by atoms with Crippen molar-refractivity contribution in [3.63, 3.8) is 0 Å². The summed E-state index contributed by atoms with van der Waals surface area (Å²) < 4.78 is 23.8. The number of nitrogens with one attached hydrogen (secondary N) is 2. The molecule has 0 atom stereocenters. The molecule has 0 aliphatic rings. The van der Waals surface area contributed by atoms with Gasteiger partial charge in [-0.25, -0.2) is 9.37 Å². The standard InChI is InChI=1S/C21H20FN3O4S/c1-28-17-4-2-3-5-18(17)29-12-19-25-16(13-30-19)21(27)24-11-10-23-20(26)14-6-8-15(22)9-7-14/h2-9,13H,10-12H2,1H3,(H,23,26)(H,24,27). The molecule has 3 aromatic rings. The van der Waals surface area contributed by atoms with Gasteiger partial charge in [0.1, 0.15) is 23.1 Å². The van der Waals surface area contributed by atoms with Crippen molar-refractivity contribution in [1.82, 2.24) is 15.6 Å². The molecular formula is C21H20FN3O4S. The summed E-state index contributed by atoms with van der Waals surface area (Å²) in [4.78, 5) is 28.4. The van der Waals surface area contributed by atoms with Gasteiger partial charge in [-0.3, -0.25) is 9.59 Å². The molecule has 0 saturated carbocycles. The fourth-order valence-corrected chi connectivity index (χ4v) is 3.19. The Morgan fingerprint density at radius 1 is 1.00 bits per heavy atom. The number of rotatable bonds is 9. The maximum absolute atomic E-state index is 12.9. The zero-order valence-corrected chi connectivity index (χ0v) is 17.0. The van der Waals surface area contributed by atoms with Crippen molar-refractivity contribution >= 4 is 23.2 Å². The van der Waals surface area contributed by atoms with Gasteiger partial charge < -0.3 is 20.1 Å². The first-order valence-corrected chi connectivity index (χ1v) is 9.97. The third-order valence-corrected chi connectivity index (χ3v) is 4.83. The van der Waals surface area contributed by atoms with E-state index < -0.39 is 5.82 Å². The number of amides is 2. The SMILES string of the molecule is COc1ccccc1OCc1nc(C(=O)NCCNC(=O)c2ccc(F)cc2)cs1. The van der Waals surface area contributed by atoms with Crippen molar-refractivity contribution in [1.29, 1.82) is 0 Å². The molecule has 2 amide bonds. The van der Waals surface area contributed by atoms with E-state index in [-0.39, 0.29) is 37.2 Å². The van der Waals surface area contributed by atoms with Gasteiger partial charge in [0.15, 0.2) is 11.5 Å². The Bertz CT molecular complexity index is 1010. The number of hydrogen-bond acceptors (Lipinski definition) is 6. The molecule has 0 unspecified atom stereocenters. The Labute approximate surface area is 176 Å². The molecule has 1 aromatic heterocycles. The Balaban J connectivity index is 1.42. The zero-order chi connectivity index (χ0) is 21.3. The van der Waals surface area contributed by atoms with Crippen LogP contribution in [0.25, 0.3) is 0 Å². The molecule has 0 aliphatic heterocycles. The van der Waals surface area contributed by atoms with Gasteiger partial charge in [0.05, 0.1) is 7.11 Å². The number of para-hydroxylation sites is 2. The fraction of sp³-hybridized carbons (Fsp3) is 0.190. The Hall–Kier alpha value is -3.46. The molecule has 0 radical (unpaired) electrons. The molecule has 30 heavy (non-hydrogen) atoms. The summed E-state index contributed by atoms with van der Waals surface area (Å²) in [7, 11) is 1.57. The molecule has 1 heterocycles. The van der Waals surface area contributed by atoms with Crippen LogP contribution in [0.15, 0.2) is 53.9 Å². The van der Waals surface area contributed by atoms with Gasteiger partial charge in [0.2, 0.25) is 0 Å². The van der Waals surface area contributed by atoms with Crippen molar-refractivity contribution in [2.45, 2.75) is 6.61 Å². The molecule has 0 aliphatic carbocycles. The predicted molar refractivity (Wildman–Crippen MR) is 111 cm³/mol. The average Bonchev–Trinajstić information content (AvgIpc) is 3.25. The van der Waals surface area contributed by atoms with Gasteiger partial charge in [-0.1, -0.05) is 12.1 Å². The largest absolute Gasteiger partial charge is 0.493 e. The highest BCUT2D eigenvalue weighted by atomic mass is 32.1. The van der Waals surface area contributed by atoms with Crippen molar-refractivity contribution < 1.29 is 23.5 Å². The summed E-state index contributed by atoms with van der Waals surface area (Å²) in [6, 6.07) is 12.5. The molecule has 0 saturated heterocycles. The van der Waals surface area contributed by atoms with E-state index in [2.05, 4.69) is 15.6 Å². The molecule has 2 N–H and O–H groups in total. The lowest BCUT2D eigenvalue weighted by atomic mass is 10.2. The third kappa shape index (κ3) is 5.77. The maximum Gasteiger partial charge on any atom is 0.270 e. The lowest BCUT2D eigenvalue weighted by Crippen LogP contribution is -2.34. The van der Waals surface area contributed by atoms with E-state index in [0.717, 1.165) is 0 Å². The first kappa shape index (κ1) is 21.3. The highest BCUT2D eigenvalue weighted by Crippen LogP contribution is 2.27. The number of carbonyl (C=O) groups excluding carboxylic acids is 2. The van der Waals surface area contributed by atoms with Gasteiger partial charge in [0, 0.05) is 24.0 Å². The fourth-order valence-electron chi connectivity index (χ4n) is 2.50. The molecule has 7 nitrogen and oxygen atoms in total. The number of nitrogens with zero attached hydrogens (tertiary/aromatic N) is 1. The first-order valence-electron chi connectivity index (χ1n) is 9.09. The van der Waals surface area contributed by atoms with Gasteiger partial charge in [0.25, 0.3) is 11.8 Å². The second-order valence-electron chi connectivity index (χ2n) is 6.08. The highest BCUT2D eigenvalue weighted by Gasteiger charge is 2.12. The van der Waals surface area contributed by atoms with Gasteiger partial charge in [-0.2, -0.15) is 0 Å². The van der Waals surface area contributed by atoms with Crippen LogP contribution in [0.3, 0.4) is 0 Å². The van der Waals surface area contributed by atoms with Gasteiger partial charge >= 0.3 is 0 Å². The van der Waals surface area contributed by atoms with Gasteiger partial charge in [-0.05, 0) is 36.4 Å². The van der Waals surface area contributed by atoms with Crippen LogP contribution in [-0.4, -0.2) is 37.0 Å². The Kier molecular flexibility index (Phi) is 7.34. The Morgan fingerprint density at radius 2 is 1.67 bits per heavy atom. The summed E-state index contributed by atoms with van der Waals surface area (Å²) in [6.07, 6.45) is 0. The maximum atomic E-state index is 12.9.